The number of aromatic nitrogens is 1. The Bertz CT molecular complexity index is 1040. The highest BCUT2D eigenvalue weighted by Crippen LogP contribution is 2.40. The van der Waals surface area contributed by atoms with Gasteiger partial charge in [-0.05, 0) is 47.2 Å². The number of aryl methyl sites for hydroxylation is 1. The van der Waals surface area contributed by atoms with E-state index in [0.717, 1.165) is 40.8 Å². The number of nitrogens with one attached hydrogen (secondary N) is 1. The average Bonchev–Trinajstić information content (AvgIpc) is 2.61. The van der Waals surface area contributed by atoms with E-state index in [1.807, 2.05) is 36.4 Å². The number of hydrogen-bond acceptors (Lipinski definition) is 2. The van der Waals surface area contributed by atoms with Gasteiger partial charge < -0.3 is 4.98 Å². The Kier molecular flexibility index (Phi) is 3.72. The molecule has 0 unspecified atom stereocenters. The topological polar surface area (TPSA) is 39.6 Å². The summed E-state index contributed by atoms with van der Waals surface area (Å²) >= 11 is 11.5. The maximum absolute atomic E-state index is 9.64. The summed E-state index contributed by atoms with van der Waals surface area (Å²) in [4.78, 5) is 3.27. The van der Waals surface area contributed by atoms with Gasteiger partial charge in [0.25, 0.3) is 0 Å². The van der Waals surface area contributed by atoms with Crippen LogP contribution in [0.5, 0.6) is 0 Å². The fourth-order valence-electron chi connectivity index (χ4n) is 3.40. The van der Waals surface area contributed by atoms with Crippen LogP contribution in [-0.2, 0) is 12.8 Å². The van der Waals surface area contributed by atoms with Crippen molar-refractivity contribution in [3.8, 4) is 28.5 Å². The highest BCUT2D eigenvalue weighted by atomic mass is 35.5. The molecule has 2 aromatic carbocycles. The lowest BCUT2D eigenvalue weighted by molar-refractivity contribution is 0.931. The zero-order valence-electron chi connectivity index (χ0n) is 12.8. The zero-order valence-corrected chi connectivity index (χ0v) is 14.3. The molecular weight excluding hydrogens is 336 g/mol. The molecular formula is C20H13ClN2S. The smallest absolute Gasteiger partial charge is 0.122 e. The molecule has 1 heterocycles. The number of H-pyrrole nitrogens is 1. The van der Waals surface area contributed by atoms with Gasteiger partial charge in [-0.1, -0.05) is 60.2 Å². The molecule has 2 nitrogen and oxygen atoms in total. The van der Waals surface area contributed by atoms with Crippen LogP contribution < -0.4 is 0 Å². The van der Waals surface area contributed by atoms with Gasteiger partial charge in [-0.25, -0.2) is 0 Å². The van der Waals surface area contributed by atoms with Crippen molar-refractivity contribution in [1.82, 2.24) is 4.98 Å². The quantitative estimate of drug-likeness (QED) is 0.573. The van der Waals surface area contributed by atoms with Gasteiger partial charge in [-0.2, -0.15) is 5.26 Å². The van der Waals surface area contributed by atoms with Crippen molar-refractivity contribution in [2.24, 2.45) is 0 Å². The summed E-state index contributed by atoms with van der Waals surface area (Å²) in [5.41, 5.74) is 7.10. The van der Waals surface area contributed by atoms with Gasteiger partial charge >= 0.3 is 0 Å². The Morgan fingerprint density at radius 1 is 1.04 bits per heavy atom. The van der Waals surface area contributed by atoms with Gasteiger partial charge in [0, 0.05) is 10.6 Å². The molecule has 1 aliphatic rings. The number of aromatic amines is 1. The van der Waals surface area contributed by atoms with Crippen LogP contribution in [0.3, 0.4) is 0 Å². The molecule has 0 spiro atoms. The van der Waals surface area contributed by atoms with E-state index >= 15 is 0 Å². The van der Waals surface area contributed by atoms with Gasteiger partial charge in [0.2, 0.25) is 0 Å². The molecule has 1 aromatic heterocycles. The summed E-state index contributed by atoms with van der Waals surface area (Å²) < 4.78 is 0.484. The first-order valence-corrected chi connectivity index (χ1v) is 8.51. The minimum atomic E-state index is 0.484. The van der Waals surface area contributed by atoms with Crippen LogP contribution >= 0.6 is 23.8 Å². The third-order valence-corrected chi connectivity index (χ3v) is 5.05. The first kappa shape index (κ1) is 15.1. The molecule has 24 heavy (non-hydrogen) atoms. The largest absolute Gasteiger partial charge is 0.345 e. The lowest BCUT2D eigenvalue weighted by atomic mass is 9.82. The van der Waals surface area contributed by atoms with Gasteiger partial charge in [-0.15, -0.1) is 0 Å². The van der Waals surface area contributed by atoms with Gasteiger partial charge in [0.05, 0.1) is 11.3 Å². The second-order valence-electron chi connectivity index (χ2n) is 5.83. The first-order valence-electron chi connectivity index (χ1n) is 7.72. The lowest BCUT2D eigenvalue weighted by Crippen LogP contribution is -2.09. The molecule has 0 aliphatic heterocycles. The second kappa shape index (κ2) is 5.90. The van der Waals surface area contributed by atoms with Crippen LogP contribution in [0, 0.1) is 16.0 Å². The van der Waals surface area contributed by atoms with Gasteiger partial charge in [0.15, 0.2) is 0 Å². The fourth-order valence-corrected chi connectivity index (χ4v) is 3.78. The number of hydrogen-bond donors (Lipinski definition) is 1. The van der Waals surface area contributed by atoms with Crippen molar-refractivity contribution in [1.29, 1.82) is 5.26 Å². The van der Waals surface area contributed by atoms with Crippen LogP contribution in [-0.4, -0.2) is 4.98 Å². The number of nitriles is 1. The van der Waals surface area contributed by atoms with E-state index in [2.05, 4.69) is 23.2 Å². The molecule has 0 saturated carbocycles. The third kappa shape index (κ3) is 2.36. The van der Waals surface area contributed by atoms with Crippen molar-refractivity contribution in [3.63, 3.8) is 0 Å². The maximum Gasteiger partial charge on any atom is 0.122 e. The van der Waals surface area contributed by atoms with Crippen LogP contribution in [0.15, 0.2) is 48.5 Å². The minimum absolute atomic E-state index is 0.484. The minimum Gasteiger partial charge on any atom is -0.345 e. The Hall–Kier alpha value is -2.41. The standard InChI is InChI=1S/C20H13ClN2S/c21-14-8-5-13(6-9-14)19-16-10-7-12-3-1-2-4-15(12)18(16)17(11-22)20(24)23-19/h1-6,8-9H,7,10H2,(H,23,24). The number of fused-ring (bicyclic) bond motifs is 3. The van der Waals surface area contributed by atoms with E-state index in [4.69, 9.17) is 23.8 Å². The summed E-state index contributed by atoms with van der Waals surface area (Å²) in [7, 11) is 0. The SMILES string of the molecule is N#Cc1c2c(c(-c3ccc(Cl)cc3)[nH]c1=S)CCc1ccccc1-2. The molecule has 4 heteroatoms. The van der Waals surface area contributed by atoms with Crippen molar-refractivity contribution < 1.29 is 0 Å². The second-order valence-corrected chi connectivity index (χ2v) is 6.68. The summed E-state index contributed by atoms with van der Waals surface area (Å²) in [5, 5.41) is 10.3. The third-order valence-electron chi connectivity index (χ3n) is 4.49. The molecule has 116 valence electrons. The normalized spacial score (nSPS) is 12.2. The van der Waals surface area contributed by atoms with Crippen molar-refractivity contribution >= 4 is 23.8 Å². The first-order chi connectivity index (χ1) is 11.7. The molecule has 0 radical (unpaired) electrons. The average molecular weight is 349 g/mol. The number of halogens is 1. The molecule has 0 fully saturated rings. The highest BCUT2D eigenvalue weighted by molar-refractivity contribution is 7.71. The Morgan fingerprint density at radius 2 is 1.79 bits per heavy atom. The van der Waals surface area contributed by atoms with E-state index in [9.17, 15) is 5.26 Å². The number of benzene rings is 2. The summed E-state index contributed by atoms with van der Waals surface area (Å²) in [6, 6.07) is 18.3. The molecule has 0 amide bonds. The number of pyridine rings is 1. The van der Waals surface area contributed by atoms with Crippen LogP contribution in [0.1, 0.15) is 16.7 Å². The summed E-state index contributed by atoms with van der Waals surface area (Å²) in [6.07, 6.45) is 1.84. The Labute approximate surface area is 150 Å². The predicted molar refractivity (Wildman–Crippen MR) is 99.6 cm³/mol. The Balaban J connectivity index is 2.07. The maximum atomic E-state index is 9.64. The highest BCUT2D eigenvalue weighted by Gasteiger charge is 2.23. The van der Waals surface area contributed by atoms with Crippen LogP contribution in [0.25, 0.3) is 22.4 Å². The molecule has 1 aliphatic carbocycles. The Morgan fingerprint density at radius 3 is 2.54 bits per heavy atom. The fraction of sp³-hybridized carbons (Fsp3) is 0.100. The predicted octanol–water partition coefficient (Wildman–Crippen LogP) is 5.70. The van der Waals surface area contributed by atoms with Crippen molar-refractivity contribution in [2.45, 2.75) is 12.8 Å². The van der Waals surface area contributed by atoms with E-state index < -0.39 is 0 Å². The van der Waals surface area contributed by atoms with E-state index in [1.165, 1.54) is 5.56 Å². The molecule has 0 bridgehead atoms. The summed E-state index contributed by atoms with van der Waals surface area (Å²) in [5.74, 6) is 0. The van der Waals surface area contributed by atoms with Gasteiger partial charge in [0.1, 0.15) is 10.7 Å². The van der Waals surface area contributed by atoms with E-state index in [-0.39, 0.29) is 0 Å². The molecule has 3 aromatic rings. The number of nitrogens with zero attached hydrogens (tertiary/aromatic N) is 1. The van der Waals surface area contributed by atoms with E-state index in [0.29, 0.717) is 15.2 Å². The zero-order chi connectivity index (χ0) is 16.7. The lowest BCUT2D eigenvalue weighted by Gasteiger charge is -2.23. The molecule has 0 saturated heterocycles. The molecule has 4 rings (SSSR count). The molecule has 1 N–H and O–H groups in total. The number of rotatable bonds is 1. The van der Waals surface area contributed by atoms with Gasteiger partial charge in [-0.3, -0.25) is 0 Å². The summed E-state index contributed by atoms with van der Waals surface area (Å²) in [6.45, 7) is 0. The monoisotopic (exact) mass is 348 g/mol. The van der Waals surface area contributed by atoms with Crippen molar-refractivity contribution in [2.75, 3.05) is 0 Å². The van der Waals surface area contributed by atoms with Crippen LogP contribution in [0.2, 0.25) is 5.02 Å². The van der Waals surface area contributed by atoms with E-state index in [1.54, 1.807) is 0 Å². The van der Waals surface area contributed by atoms with Crippen molar-refractivity contribution in [3.05, 3.63) is 74.9 Å². The molecule has 0 atom stereocenters. The van der Waals surface area contributed by atoms with Crippen LogP contribution in [0.4, 0.5) is 0 Å².